The lowest BCUT2D eigenvalue weighted by atomic mass is 9.96. The van der Waals surface area contributed by atoms with E-state index < -0.39 is 5.54 Å². The fraction of sp³-hybridized carbons (Fsp3) is 0.500. The highest BCUT2D eigenvalue weighted by Gasteiger charge is 2.43. The number of rotatable bonds is 4. The molecule has 0 spiro atoms. The standard InChI is InChI=1S/C14H20N2O/c1-3-10-4-8-12(9-5-10)16-13(17)14(2,15)11-6-7-11/h4-5,8-9,11H,3,6-7,15H2,1-2H3,(H,16,17). The molecule has 92 valence electrons. The van der Waals surface area contributed by atoms with Crippen LogP contribution in [-0.4, -0.2) is 11.4 Å². The second-order valence-electron chi connectivity index (χ2n) is 5.06. The predicted octanol–water partition coefficient (Wildman–Crippen LogP) is 2.31. The van der Waals surface area contributed by atoms with Crippen LogP contribution in [0.4, 0.5) is 5.69 Å². The summed E-state index contributed by atoms with van der Waals surface area (Å²) in [5, 5.41) is 2.89. The van der Waals surface area contributed by atoms with E-state index in [0.717, 1.165) is 24.9 Å². The van der Waals surface area contributed by atoms with E-state index in [1.165, 1.54) is 5.56 Å². The zero-order valence-electron chi connectivity index (χ0n) is 10.5. The van der Waals surface area contributed by atoms with Crippen molar-refractivity contribution in [2.45, 2.75) is 38.6 Å². The quantitative estimate of drug-likeness (QED) is 0.837. The van der Waals surface area contributed by atoms with Crippen LogP contribution in [0.1, 0.15) is 32.3 Å². The first-order valence-corrected chi connectivity index (χ1v) is 6.23. The Morgan fingerprint density at radius 2 is 2.00 bits per heavy atom. The Labute approximate surface area is 102 Å². The minimum absolute atomic E-state index is 0.0794. The van der Waals surface area contributed by atoms with Crippen LogP contribution in [0.15, 0.2) is 24.3 Å². The van der Waals surface area contributed by atoms with Gasteiger partial charge in [0.2, 0.25) is 5.91 Å². The van der Waals surface area contributed by atoms with Gasteiger partial charge in [0.25, 0.3) is 0 Å². The van der Waals surface area contributed by atoms with Gasteiger partial charge in [-0.3, -0.25) is 4.79 Å². The maximum Gasteiger partial charge on any atom is 0.244 e. The van der Waals surface area contributed by atoms with E-state index in [-0.39, 0.29) is 5.91 Å². The zero-order valence-corrected chi connectivity index (χ0v) is 10.5. The fourth-order valence-electron chi connectivity index (χ4n) is 1.96. The van der Waals surface area contributed by atoms with Gasteiger partial charge >= 0.3 is 0 Å². The molecule has 1 aromatic carbocycles. The van der Waals surface area contributed by atoms with Crippen LogP contribution >= 0.6 is 0 Å². The van der Waals surface area contributed by atoms with Gasteiger partial charge in [0.15, 0.2) is 0 Å². The minimum Gasteiger partial charge on any atom is -0.324 e. The first kappa shape index (κ1) is 12.1. The predicted molar refractivity (Wildman–Crippen MR) is 69.8 cm³/mol. The number of benzene rings is 1. The summed E-state index contributed by atoms with van der Waals surface area (Å²) >= 11 is 0. The van der Waals surface area contributed by atoms with Gasteiger partial charge in [-0.25, -0.2) is 0 Å². The van der Waals surface area contributed by atoms with Crippen LogP contribution in [0.3, 0.4) is 0 Å². The normalized spacial score (nSPS) is 18.5. The van der Waals surface area contributed by atoms with Gasteiger partial charge in [-0.1, -0.05) is 19.1 Å². The van der Waals surface area contributed by atoms with Crippen molar-refractivity contribution in [2.75, 3.05) is 5.32 Å². The Bertz CT molecular complexity index is 405. The minimum atomic E-state index is -0.733. The molecule has 0 heterocycles. The van der Waals surface area contributed by atoms with Crippen LogP contribution in [0.5, 0.6) is 0 Å². The summed E-state index contributed by atoms with van der Waals surface area (Å²) in [4.78, 5) is 12.0. The van der Waals surface area contributed by atoms with Crippen molar-refractivity contribution < 1.29 is 4.79 Å². The van der Waals surface area contributed by atoms with E-state index in [0.29, 0.717) is 5.92 Å². The molecular weight excluding hydrogens is 212 g/mol. The van der Waals surface area contributed by atoms with Gasteiger partial charge in [0.1, 0.15) is 0 Å². The Kier molecular flexibility index (Phi) is 3.20. The topological polar surface area (TPSA) is 55.1 Å². The largest absolute Gasteiger partial charge is 0.324 e. The first-order chi connectivity index (χ1) is 8.04. The van der Waals surface area contributed by atoms with Gasteiger partial charge in [0.05, 0.1) is 5.54 Å². The van der Waals surface area contributed by atoms with Crippen molar-refractivity contribution in [2.24, 2.45) is 11.7 Å². The summed E-state index contributed by atoms with van der Waals surface area (Å²) in [5.74, 6) is 0.265. The summed E-state index contributed by atoms with van der Waals surface area (Å²) in [6, 6.07) is 7.92. The number of carbonyl (C=O) groups is 1. The molecule has 1 amide bonds. The maximum atomic E-state index is 12.0. The van der Waals surface area contributed by atoms with E-state index in [2.05, 4.69) is 12.2 Å². The Morgan fingerprint density at radius 1 is 1.41 bits per heavy atom. The molecule has 3 N–H and O–H groups in total. The maximum absolute atomic E-state index is 12.0. The highest BCUT2D eigenvalue weighted by atomic mass is 16.2. The monoisotopic (exact) mass is 232 g/mol. The molecule has 1 aliphatic carbocycles. The van der Waals surface area contributed by atoms with Crippen molar-refractivity contribution >= 4 is 11.6 Å². The number of amides is 1. The molecule has 1 fully saturated rings. The molecule has 3 nitrogen and oxygen atoms in total. The second-order valence-corrected chi connectivity index (χ2v) is 5.06. The molecule has 0 radical (unpaired) electrons. The molecule has 0 bridgehead atoms. The molecule has 2 rings (SSSR count). The van der Waals surface area contributed by atoms with Gasteiger partial charge in [-0.15, -0.1) is 0 Å². The fourth-order valence-corrected chi connectivity index (χ4v) is 1.96. The summed E-state index contributed by atoms with van der Waals surface area (Å²) in [7, 11) is 0. The third kappa shape index (κ3) is 2.67. The molecule has 3 heteroatoms. The highest BCUT2D eigenvalue weighted by Crippen LogP contribution is 2.38. The molecule has 1 unspecified atom stereocenters. The third-order valence-corrected chi connectivity index (χ3v) is 3.53. The summed E-state index contributed by atoms with van der Waals surface area (Å²) in [5.41, 5.74) is 7.41. The molecule has 1 atom stereocenters. The molecule has 1 aliphatic rings. The molecule has 1 aromatic rings. The summed E-state index contributed by atoms with van der Waals surface area (Å²) < 4.78 is 0. The smallest absolute Gasteiger partial charge is 0.244 e. The lowest BCUT2D eigenvalue weighted by Crippen LogP contribution is -2.50. The number of hydrogen-bond acceptors (Lipinski definition) is 2. The third-order valence-electron chi connectivity index (χ3n) is 3.53. The van der Waals surface area contributed by atoms with Crippen LogP contribution in [0.25, 0.3) is 0 Å². The Balaban J connectivity index is 2.02. The van der Waals surface area contributed by atoms with E-state index in [1.807, 2.05) is 31.2 Å². The van der Waals surface area contributed by atoms with E-state index in [1.54, 1.807) is 0 Å². The average molecular weight is 232 g/mol. The van der Waals surface area contributed by atoms with Crippen LogP contribution in [-0.2, 0) is 11.2 Å². The van der Waals surface area contributed by atoms with Crippen molar-refractivity contribution in [3.8, 4) is 0 Å². The van der Waals surface area contributed by atoms with Gasteiger partial charge < -0.3 is 11.1 Å². The van der Waals surface area contributed by atoms with Gasteiger partial charge in [-0.05, 0) is 49.8 Å². The average Bonchev–Trinajstić information content (AvgIpc) is 3.14. The molecule has 0 aromatic heterocycles. The number of carbonyl (C=O) groups excluding carboxylic acids is 1. The van der Waals surface area contributed by atoms with Crippen LogP contribution < -0.4 is 11.1 Å². The number of nitrogens with two attached hydrogens (primary N) is 1. The zero-order chi connectivity index (χ0) is 12.5. The Hall–Kier alpha value is -1.35. The van der Waals surface area contributed by atoms with Gasteiger partial charge in [0, 0.05) is 5.69 Å². The number of hydrogen-bond donors (Lipinski definition) is 2. The molecule has 17 heavy (non-hydrogen) atoms. The van der Waals surface area contributed by atoms with Crippen molar-refractivity contribution in [3.63, 3.8) is 0 Å². The number of aryl methyl sites for hydroxylation is 1. The lowest BCUT2D eigenvalue weighted by Gasteiger charge is -2.23. The van der Waals surface area contributed by atoms with Crippen molar-refractivity contribution in [1.29, 1.82) is 0 Å². The SMILES string of the molecule is CCc1ccc(NC(=O)C(C)(N)C2CC2)cc1. The van der Waals surface area contributed by atoms with E-state index in [4.69, 9.17) is 5.73 Å². The Morgan fingerprint density at radius 3 is 2.47 bits per heavy atom. The van der Waals surface area contributed by atoms with Crippen LogP contribution in [0.2, 0.25) is 0 Å². The number of nitrogens with one attached hydrogen (secondary N) is 1. The first-order valence-electron chi connectivity index (χ1n) is 6.23. The summed E-state index contributed by atoms with van der Waals surface area (Å²) in [6.45, 7) is 3.93. The molecular formula is C14H20N2O. The summed E-state index contributed by atoms with van der Waals surface area (Å²) in [6.07, 6.45) is 3.13. The van der Waals surface area contributed by atoms with Gasteiger partial charge in [-0.2, -0.15) is 0 Å². The van der Waals surface area contributed by atoms with E-state index in [9.17, 15) is 4.79 Å². The van der Waals surface area contributed by atoms with Crippen molar-refractivity contribution in [3.05, 3.63) is 29.8 Å². The van der Waals surface area contributed by atoms with Crippen molar-refractivity contribution in [1.82, 2.24) is 0 Å². The lowest BCUT2D eigenvalue weighted by molar-refractivity contribution is -0.121. The van der Waals surface area contributed by atoms with Crippen LogP contribution in [0, 0.1) is 5.92 Å². The molecule has 1 saturated carbocycles. The van der Waals surface area contributed by atoms with E-state index >= 15 is 0 Å². The highest BCUT2D eigenvalue weighted by molar-refractivity contribution is 5.98. The molecule has 0 saturated heterocycles. The number of anilines is 1. The molecule has 0 aliphatic heterocycles. The second kappa shape index (κ2) is 4.49.